The van der Waals surface area contributed by atoms with Crippen molar-refractivity contribution in [2.45, 2.75) is 5.75 Å². The second kappa shape index (κ2) is 4.18. The van der Waals surface area contributed by atoms with Gasteiger partial charge in [-0.2, -0.15) is 0 Å². The summed E-state index contributed by atoms with van der Waals surface area (Å²) in [5.41, 5.74) is 0.719. The van der Waals surface area contributed by atoms with E-state index in [2.05, 4.69) is 4.98 Å². The summed E-state index contributed by atoms with van der Waals surface area (Å²) in [4.78, 5) is 3.88. The van der Waals surface area contributed by atoms with Crippen LogP contribution < -0.4 is 4.74 Å². The number of hydrogen-bond donors (Lipinski definition) is 1. The second-order valence-corrected chi connectivity index (χ2v) is 3.11. The van der Waals surface area contributed by atoms with Gasteiger partial charge in [-0.05, 0) is 5.56 Å². The predicted octanol–water partition coefficient (Wildman–Crippen LogP) is 0.812. The third-order valence-electron chi connectivity index (χ3n) is 1.30. The van der Waals surface area contributed by atoms with Crippen LogP contribution in [0.3, 0.4) is 0 Å². The molecule has 0 saturated heterocycles. The van der Waals surface area contributed by atoms with Crippen molar-refractivity contribution in [2.24, 2.45) is 0 Å². The highest BCUT2D eigenvalue weighted by Gasteiger charge is 1.98. The Labute approximate surface area is 72.9 Å². The third kappa shape index (κ3) is 2.60. The van der Waals surface area contributed by atoms with Crippen LogP contribution in [0.1, 0.15) is 5.56 Å². The first-order valence-corrected chi connectivity index (χ1v) is 4.56. The Morgan fingerprint density at radius 3 is 2.83 bits per heavy atom. The molecule has 4 nitrogen and oxygen atoms in total. The standard InChI is InChI=1S/C7H9NO3S/c1-11-7-3-2-6(4-8-7)5-12(9)10/h2-4H,5H2,1H3,(H,9,10). The van der Waals surface area contributed by atoms with E-state index >= 15 is 0 Å². The Balaban J connectivity index is 2.71. The fourth-order valence-electron chi connectivity index (χ4n) is 0.760. The lowest BCUT2D eigenvalue weighted by molar-refractivity contribution is 0.397. The van der Waals surface area contributed by atoms with Crippen molar-refractivity contribution < 1.29 is 13.5 Å². The summed E-state index contributed by atoms with van der Waals surface area (Å²) in [6.45, 7) is 0. The van der Waals surface area contributed by atoms with Crippen LogP contribution in [0.4, 0.5) is 0 Å². The van der Waals surface area contributed by atoms with Crippen LogP contribution >= 0.6 is 0 Å². The number of rotatable bonds is 3. The van der Waals surface area contributed by atoms with Crippen LogP contribution in [0.5, 0.6) is 5.88 Å². The number of pyridine rings is 1. The summed E-state index contributed by atoms with van der Waals surface area (Å²) in [7, 11) is 1.52. The van der Waals surface area contributed by atoms with Gasteiger partial charge in [0.15, 0.2) is 11.1 Å². The Hall–Kier alpha value is -0.940. The van der Waals surface area contributed by atoms with Crippen LogP contribution in [0.2, 0.25) is 0 Å². The van der Waals surface area contributed by atoms with Crippen molar-refractivity contribution >= 4 is 11.1 Å². The molecule has 66 valence electrons. The van der Waals surface area contributed by atoms with Gasteiger partial charge >= 0.3 is 0 Å². The molecule has 5 heteroatoms. The van der Waals surface area contributed by atoms with Crippen LogP contribution in [-0.4, -0.2) is 20.9 Å². The molecule has 0 spiro atoms. The summed E-state index contributed by atoms with van der Waals surface area (Å²) in [5.74, 6) is 0.610. The lowest BCUT2D eigenvalue weighted by Crippen LogP contribution is -1.94. The first-order chi connectivity index (χ1) is 5.72. The Morgan fingerprint density at radius 2 is 2.42 bits per heavy atom. The molecule has 1 heterocycles. The lowest BCUT2D eigenvalue weighted by atomic mass is 10.3. The van der Waals surface area contributed by atoms with Gasteiger partial charge in [0.2, 0.25) is 5.88 Å². The Bertz CT molecular complexity index is 272. The van der Waals surface area contributed by atoms with Crippen molar-refractivity contribution in [3.05, 3.63) is 23.9 Å². The Morgan fingerprint density at radius 1 is 1.67 bits per heavy atom. The molecule has 0 saturated carbocycles. The first-order valence-electron chi connectivity index (χ1n) is 3.29. The average molecular weight is 187 g/mol. The van der Waals surface area contributed by atoms with Gasteiger partial charge in [-0.1, -0.05) is 6.07 Å². The Kier molecular flexibility index (Phi) is 3.19. The molecule has 0 aliphatic heterocycles. The molecule has 1 atom stereocenters. The molecule has 0 bridgehead atoms. The molecule has 1 unspecified atom stereocenters. The molecule has 0 aliphatic rings. The number of hydrogen-bond acceptors (Lipinski definition) is 3. The van der Waals surface area contributed by atoms with Crippen LogP contribution in [0, 0.1) is 0 Å². The highest BCUT2D eigenvalue weighted by molar-refractivity contribution is 7.78. The van der Waals surface area contributed by atoms with Crippen molar-refractivity contribution in [3.63, 3.8) is 0 Å². The lowest BCUT2D eigenvalue weighted by Gasteiger charge is -1.99. The molecule has 1 aromatic heterocycles. The quantitative estimate of drug-likeness (QED) is 0.711. The maximum Gasteiger partial charge on any atom is 0.212 e. The summed E-state index contributed by atoms with van der Waals surface area (Å²) in [6.07, 6.45) is 1.52. The van der Waals surface area contributed by atoms with Gasteiger partial charge < -0.3 is 9.29 Å². The molecule has 0 aliphatic carbocycles. The third-order valence-corrected chi connectivity index (χ3v) is 1.88. The maximum atomic E-state index is 10.4. The van der Waals surface area contributed by atoms with E-state index in [0.717, 1.165) is 5.56 Å². The SMILES string of the molecule is COc1ccc(CS(=O)O)cn1. The van der Waals surface area contributed by atoms with Gasteiger partial charge in [0.25, 0.3) is 0 Å². The zero-order valence-corrected chi connectivity index (χ0v) is 7.37. The van der Waals surface area contributed by atoms with E-state index in [4.69, 9.17) is 9.29 Å². The van der Waals surface area contributed by atoms with Gasteiger partial charge in [0, 0.05) is 12.3 Å². The monoisotopic (exact) mass is 187 g/mol. The van der Waals surface area contributed by atoms with E-state index in [0.29, 0.717) is 5.88 Å². The number of methoxy groups -OCH3 is 1. The first kappa shape index (κ1) is 9.15. The van der Waals surface area contributed by atoms with E-state index < -0.39 is 11.1 Å². The molecule has 0 fully saturated rings. The zero-order chi connectivity index (χ0) is 8.97. The van der Waals surface area contributed by atoms with Gasteiger partial charge in [0.1, 0.15) is 0 Å². The average Bonchev–Trinajstić information content (AvgIpc) is 2.05. The molecule has 1 aromatic rings. The van der Waals surface area contributed by atoms with Crippen molar-refractivity contribution in [1.82, 2.24) is 4.98 Å². The van der Waals surface area contributed by atoms with Gasteiger partial charge in [-0.25, -0.2) is 9.19 Å². The molecule has 0 amide bonds. The molecular weight excluding hydrogens is 178 g/mol. The van der Waals surface area contributed by atoms with Crippen LogP contribution in [0.25, 0.3) is 0 Å². The molecule has 1 rings (SSSR count). The maximum absolute atomic E-state index is 10.4. The minimum atomic E-state index is -1.81. The number of aromatic nitrogens is 1. The summed E-state index contributed by atoms with van der Waals surface area (Å²) in [6, 6.07) is 3.36. The van der Waals surface area contributed by atoms with Crippen LogP contribution in [0.15, 0.2) is 18.3 Å². The van der Waals surface area contributed by atoms with Crippen LogP contribution in [-0.2, 0) is 16.8 Å². The molecule has 0 aromatic carbocycles. The van der Waals surface area contributed by atoms with E-state index in [1.54, 1.807) is 12.1 Å². The fourth-order valence-corrected chi connectivity index (χ4v) is 1.22. The summed E-state index contributed by atoms with van der Waals surface area (Å²) in [5, 5.41) is 0. The number of ether oxygens (including phenoxy) is 1. The largest absolute Gasteiger partial charge is 0.481 e. The smallest absolute Gasteiger partial charge is 0.212 e. The topological polar surface area (TPSA) is 59.4 Å². The molecular formula is C7H9NO3S. The van der Waals surface area contributed by atoms with Gasteiger partial charge in [-0.15, -0.1) is 0 Å². The highest BCUT2D eigenvalue weighted by Crippen LogP contribution is 2.07. The second-order valence-electron chi connectivity index (χ2n) is 2.17. The van der Waals surface area contributed by atoms with E-state index in [1.165, 1.54) is 13.3 Å². The molecule has 1 N–H and O–H groups in total. The minimum Gasteiger partial charge on any atom is -0.481 e. The van der Waals surface area contributed by atoms with Crippen molar-refractivity contribution in [1.29, 1.82) is 0 Å². The van der Waals surface area contributed by atoms with Crippen molar-refractivity contribution in [2.75, 3.05) is 7.11 Å². The van der Waals surface area contributed by atoms with Gasteiger partial charge in [-0.3, -0.25) is 0 Å². The molecule has 12 heavy (non-hydrogen) atoms. The minimum absolute atomic E-state index is 0.108. The summed E-state index contributed by atoms with van der Waals surface area (Å²) < 4.78 is 23.7. The number of nitrogens with zero attached hydrogens (tertiary/aromatic N) is 1. The van der Waals surface area contributed by atoms with E-state index in [9.17, 15) is 4.21 Å². The highest BCUT2D eigenvalue weighted by atomic mass is 32.2. The van der Waals surface area contributed by atoms with Crippen molar-refractivity contribution in [3.8, 4) is 5.88 Å². The molecule has 0 radical (unpaired) electrons. The van der Waals surface area contributed by atoms with E-state index in [-0.39, 0.29) is 5.75 Å². The summed E-state index contributed by atoms with van der Waals surface area (Å²) >= 11 is -1.81. The normalized spacial score (nSPS) is 12.5. The fraction of sp³-hybridized carbons (Fsp3) is 0.286. The zero-order valence-electron chi connectivity index (χ0n) is 6.56. The van der Waals surface area contributed by atoms with Gasteiger partial charge in [0.05, 0.1) is 12.9 Å². The van der Waals surface area contributed by atoms with E-state index in [1.807, 2.05) is 0 Å². The predicted molar refractivity (Wildman–Crippen MR) is 45.3 cm³/mol.